The molecule has 0 radical (unpaired) electrons. The van der Waals surface area contributed by atoms with Gasteiger partial charge in [0.05, 0.1) is 12.2 Å². The first kappa shape index (κ1) is 12.5. The largest absolute Gasteiger partial charge is 0.375 e. The van der Waals surface area contributed by atoms with E-state index in [0.29, 0.717) is 18.1 Å². The molecule has 3 heterocycles. The summed E-state index contributed by atoms with van der Waals surface area (Å²) in [6, 6.07) is 4.32. The highest BCUT2D eigenvalue weighted by molar-refractivity contribution is 9.10. The van der Waals surface area contributed by atoms with Crippen LogP contribution >= 0.6 is 15.9 Å². The molecule has 0 amide bonds. The van der Waals surface area contributed by atoms with Gasteiger partial charge in [-0.3, -0.25) is 16.3 Å². The maximum Gasteiger partial charge on any atom is 0.0624 e. The third kappa shape index (κ3) is 2.45. The fraction of sp³-hybridized carbons (Fsp3) is 0.615. The molecular weight excluding hydrogens is 294 g/mol. The van der Waals surface area contributed by atoms with Crippen molar-refractivity contribution in [2.75, 3.05) is 0 Å². The molecule has 2 saturated heterocycles. The lowest BCUT2D eigenvalue weighted by atomic mass is 9.82. The zero-order chi connectivity index (χ0) is 12.5. The number of halogens is 1. The molecule has 0 spiro atoms. The number of fused-ring (bicyclic) bond motifs is 2. The topological polar surface area (TPSA) is 60.2 Å². The molecule has 18 heavy (non-hydrogen) atoms. The van der Waals surface area contributed by atoms with Crippen LogP contribution in [0.3, 0.4) is 0 Å². The van der Waals surface area contributed by atoms with Crippen LogP contribution in [0.15, 0.2) is 22.8 Å². The average Bonchev–Trinajstić information content (AvgIpc) is 3.00. The van der Waals surface area contributed by atoms with E-state index in [1.54, 1.807) is 0 Å². The molecule has 1 aromatic heterocycles. The molecule has 2 fully saturated rings. The van der Waals surface area contributed by atoms with Crippen molar-refractivity contribution in [2.45, 2.75) is 43.9 Å². The first-order valence-electron chi connectivity index (χ1n) is 6.48. The molecule has 4 atom stereocenters. The highest BCUT2D eigenvalue weighted by atomic mass is 79.9. The predicted octanol–water partition coefficient (Wildman–Crippen LogP) is 1.79. The standard InChI is InChI=1S/C13H18BrN3O/c14-8-1-2-9(16-7-8)5-12(17-15)11-6-10-3-4-13(11)18-10/h1-2,7,10-13,17H,3-6,15H2. The van der Waals surface area contributed by atoms with E-state index in [0.717, 1.165) is 23.0 Å². The monoisotopic (exact) mass is 311 g/mol. The minimum atomic E-state index is 0.258. The summed E-state index contributed by atoms with van der Waals surface area (Å²) in [4.78, 5) is 4.42. The smallest absolute Gasteiger partial charge is 0.0624 e. The van der Waals surface area contributed by atoms with Gasteiger partial charge in [0.1, 0.15) is 0 Å². The van der Waals surface area contributed by atoms with Crippen molar-refractivity contribution in [1.82, 2.24) is 10.4 Å². The van der Waals surface area contributed by atoms with Gasteiger partial charge in [0, 0.05) is 34.7 Å². The Kier molecular flexibility index (Phi) is 3.66. The van der Waals surface area contributed by atoms with E-state index in [4.69, 9.17) is 10.6 Å². The van der Waals surface area contributed by atoms with Crippen molar-refractivity contribution >= 4 is 15.9 Å². The summed E-state index contributed by atoms with van der Waals surface area (Å²) in [7, 11) is 0. The van der Waals surface area contributed by atoms with Crippen LogP contribution in [0, 0.1) is 5.92 Å². The number of nitrogens with zero attached hydrogens (tertiary/aromatic N) is 1. The van der Waals surface area contributed by atoms with Gasteiger partial charge in [0.15, 0.2) is 0 Å². The molecule has 0 saturated carbocycles. The maximum atomic E-state index is 5.90. The second kappa shape index (κ2) is 5.25. The van der Waals surface area contributed by atoms with Crippen molar-refractivity contribution in [2.24, 2.45) is 11.8 Å². The number of aromatic nitrogens is 1. The van der Waals surface area contributed by atoms with Gasteiger partial charge in [0.25, 0.3) is 0 Å². The van der Waals surface area contributed by atoms with Crippen molar-refractivity contribution in [3.05, 3.63) is 28.5 Å². The number of hydrogen-bond donors (Lipinski definition) is 2. The second-order valence-electron chi connectivity index (χ2n) is 5.22. The first-order chi connectivity index (χ1) is 8.76. The van der Waals surface area contributed by atoms with Crippen LogP contribution in [-0.4, -0.2) is 23.2 Å². The van der Waals surface area contributed by atoms with E-state index in [-0.39, 0.29) is 6.04 Å². The third-order valence-corrected chi connectivity index (χ3v) is 4.57. The minimum absolute atomic E-state index is 0.258. The molecule has 0 aliphatic carbocycles. The number of ether oxygens (including phenoxy) is 1. The van der Waals surface area contributed by atoms with E-state index in [1.807, 2.05) is 18.3 Å². The van der Waals surface area contributed by atoms with Crippen LogP contribution in [-0.2, 0) is 11.2 Å². The lowest BCUT2D eigenvalue weighted by Crippen LogP contribution is -2.45. The molecule has 5 heteroatoms. The van der Waals surface area contributed by atoms with Crippen LogP contribution in [0.4, 0.5) is 0 Å². The van der Waals surface area contributed by atoms with Crippen LogP contribution < -0.4 is 11.3 Å². The molecule has 2 aliphatic heterocycles. The summed E-state index contributed by atoms with van der Waals surface area (Å²) >= 11 is 3.40. The van der Waals surface area contributed by atoms with E-state index < -0.39 is 0 Å². The third-order valence-electron chi connectivity index (χ3n) is 4.10. The van der Waals surface area contributed by atoms with Gasteiger partial charge in [-0.05, 0) is 47.3 Å². The SMILES string of the molecule is NNC(Cc1ccc(Br)cn1)C1CC2CCC1O2. The Morgan fingerprint density at radius 1 is 1.50 bits per heavy atom. The normalized spacial score (nSPS) is 31.8. The molecule has 2 aliphatic rings. The van der Waals surface area contributed by atoms with Gasteiger partial charge >= 0.3 is 0 Å². The van der Waals surface area contributed by atoms with Gasteiger partial charge < -0.3 is 4.74 Å². The van der Waals surface area contributed by atoms with Crippen LogP contribution in [0.2, 0.25) is 0 Å². The number of hydrazine groups is 1. The minimum Gasteiger partial charge on any atom is -0.375 e. The predicted molar refractivity (Wildman–Crippen MR) is 72.8 cm³/mol. The van der Waals surface area contributed by atoms with Crippen LogP contribution in [0.1, 0.15) is 25.0 Å². The van der Waals surface area contributed by atoms with E-state index >= 15 is 0 Å². The summed E-state index contributed by atoms with van der Waals surface area (Å²) in [5.41, 5.74) is 4.03. The average molecular weight is 312 g/mol. The Morgan fingerprint density at radius 2 is 2.39 bits per heavy atom. The molecule has 98 valence electrons. The first-order valence-corrected chi connectivity index (χ1v) is 7.27. The highest BCUT2D eigenvalue weighted by Gasteiger charge is 2.44. The molecular formula is C13H18BrN3O. The Morgan fingerprint density at radius 3 is 2.94 bits per heavy atom. The fourth-order valence-corrected chi connectivity index (χ4v) is 3.42. The van der Waals surface area contributed by atoms with Gasteiger partial charge in [-0.15, -0.1) is 0 Å². The zero-order valence-electron chi connectivity index (χ0n) is 10.2. The second-order valence-corrected chi connectivity index (χ2v) is 6.13. The summed E-state index contributed by atoms with van der Waals surface area (Å²) in [5, 5.41) is 0. The van der Waals surface area contributed by atoms with E-state index in [1.165, 1.54) is 12.8 Å². The molecule has 2 bridgehead atoms. The van der Waals surface area contributed by atoms with Crippen LogP contribution in [0.25, 0.3) is 0 Å². The van der Waals surface area contributed by atoms with Gasteiger partial charge in [-0.1, -0.05) is 0 Å². The van der Waals surface area contributed by atoms with E-state index in [2.05, 4.69) is 26.3 Å². The highest BCUT2D eigenvalue weighted by Crippen LogP contribution is 2.40. The fourth-order valence-electron chi connectivity index (χ4n) is 3.19. The van der Waals surface area contributed by atoms with Gasteiger partial charge in [-0.2, -0.15) is 0 Å². The van der Waals surface area contributed by atoms with Crippen molar-refractivity contribution in [3.8, 4) is 0 Å². The maximum absolute atomic E-state index is 5.90. The Bertz CT molecular complexity index is 411. The van der Waals surface area contributed by atoms with Crippen molar-refractivity contribution in [1.29, 1.82) is 0 Å². The quantitative estimate of drug-likeness (QED) is 0.657. The summed E-state index contributed by atoms with van der Waals surface area (Å²) in [5.74, 6) is 6.25. The molecule has 0 aromatic carbocycles. The Labute approximate surface area is 115 Å². The number of hydrogen-bond acceptors (Lipinski definition) is 4. The molecule has 3 rings (SSSR count). The molecule has 4 nitrogen and oxygen atoms in total. The number of pyridine rings is 1. The van der Waals surface area contributed by atoms with E-state index in [9.17, 15) is 0 Å². The summed E-state index contributed by atoms with van der Waals surface area (Å²) < 4.78 is 6.91. The number of rotatable bonds is 4. The number of nitrogens with one attached hydrogen (secondary N) is 1. The van der Waals surface area contributed by atoms with Crippen molar-refractivity contribution in [3.63, 3.8) is 0 Å². The lowest BCUT2D eigenvalue weighted by molar-refractivity contribution is 0.0856. The Hall–Kier alpha value is -0.490. The Balaban J connectivity index is 1.67. The lowest BCUT2D eigenvalue weighted by Gasteiger charge is -2.27. The summed E-state index contributed by atoms with van der Waals surface area (Å²) in [6.07, 6.45) is 7.09. The summed E-state index contributed by atoms with van der Waals surface area (Å²) in [6.45, 7) is 0. The van der Waals surface area contributed by atoms with Crippen LogP contribution in [0.5, 0.6) is 0 Å². The van der Waals surface area contributed by atoms with Gasteiger partial charge in [0.2, 0.25) is 0 Å². The molecule has 1 aromatic rings. The zero-order valence-corrected chi connectivity index (χ0v) is 11.8. The van der Waals surface area contributed by atoms with Crippen molar-refractivity contribution < 1.29 is 4.74 Å². The number of nitrogens with two attached hydrogens (primary N) is 1. The molecule has 3 N–H and O–H groups in total. The van der Waals surface area contributed by atoms with Gasteiger partial charge in [-0.25, -0.2) is 0 Å². The molecule has 4 unspecified atom stereocenters.